The number of aromatic nitrogens is 2. The first kappa shape index (κ1) is 18.3. The van der Waals surface area contributed by atoms with E-state index in [1.165, 1.54) is 28.0 Å². The van der Waals surface area contributed by atoms with Crippen molar-refractivity contribution in [3.8, 4) is 0 Å². The molecule has 0 aliphatic carbocycles. The number of nitrogens with zero attached hydrogens (tertiary/aromatic N) is 2. The number of hydrogen-bond donors (Lipinski definition) is 1. The molecule has 0 radical (unpaired) electrons. The summed E-state index contributed by atoms with van der Waals surface area (Å²) in [7, 11) is 2.15. The Kier molecular flexibility index (Phi) is 4.68. The molecule has 2 aromatic carbocycles. The van der Waals surface area contributed by atoms with E-state index in [1.54, 1.807) is 0 Å². The van der Waals surface area contributed by atoms with Crippen molar-refractivity contribution in [3.05, 3.63) is 89.9 Å². The summed E-state index contributed by atoms with van der Waals surface area (Å²) in [6.07, 6.45) is 10.7. The summed E-state index contributed by atoms with van der Waals surface area (Å²) >= 11 is 0. The Morgan fingerprint density at radius 1 is 1.00 bits per heavy atom. The second-order valence-electron chi connectivity index (χ2n) is 7.77. The van der Waals surface area contributed by atoms with Gasteiger partial charge in [-0.2, -0.15) is 0 Å². The zero-order valence-corrected chi connectivity index (χ0v) is 17.1. The second-order valence-corrected chi connectivity index (χ2v) is 7.77. The van der Waals surface area contributed by atoms with Gasteiger partial charge in [-0.1, -0.05) is 62.4 Å². The van der Waals surface area contributed by atoms with Crippen LogP contribution in [-0.4, -0.2) is 12.0 Å². The van der Waals surface area contributed by atoms with Crippen molar-refractivity contribution in [2.75, 3.05) is 11.9 Å². The molecule has 28 heavy (non-hydrogen) atoms. The van der Waals surface area contributed by atoms with Crippen LogP contribution < -0.4 is 9.47 Å². The molecule has 0 bridgehead atoms. The number of imidazole rings is 1. The van der Waals surface area contributed by atoms with Crippen LogP contribution in [0.15, 0.2) is 78.5 Å². The topological polar surface area (TPSA) is 22.9 Å². The molecule has 3 aromatic rings. The predicted octanol–water partition coefficient (Wildman–Crippen LogP) is 5.36. The van der Waals surface area contributed by atoms with Crippen LogP contribution in [0.3, 0.4) is 0 Å². The van der Waals surface area contributed by atoms with Crippen molar-refractivity contribution in [2.45, 2.75) is 32.7 Å². The van der Waals surface area contributed by atoms with Crippen LogP contribution in [0, 0.1) is 0 Å². The number of aromatic amines is 1. The van der Waals surface area contributed by atoms with Crippen molar-refractivity contribution >= 4 is 22.8 Å². The van der Waals surface area contributed by atoms with Crippen molar-refractivity contribution < 1.29 is 4.57 Å². The number of nitrogens with one attached hydrogen (secondary N) is 1. The van der Waals surface area contributed by atoms with E-state index in [1.807, 2.05) is 0 Å². The third kappa shape index (κ3) is 2.97. The van der Waals surface area contributed by atoms with E-state index in [0.29, 0.717) is 0 Å². The Morgan fingerprint density at radius 2 is 1.75 bits per heavy atom. The summed E-state index contributed by atoms with van der Waals surface area (Å²) in [5.74, 6) is 1.12. The van der Waals surface area contributed by atoms with Gasteiger partial charge in [0.05, 0.1) is 6.54 Å². The SMILES string of the molecule is CC[n+]1c(/C=C/C=C/C=C2/N(C)c3ccccc3C2(C)C)[nH]c2ccccc21. The lowest BCUT2D eigenvalue weighted by Gasteiger charge is -2.23. The molecule has 3 nitrogen and oxygen atoms in total. The van der Waals surface area contributed by atoms with E-state index in [-0.39, 0.29) is 5.41 Å². The number of likely N-dealkylation sites (N-methyl/N-ethyl adjacent to an activating group) is 1. The molecular weight excluding hydrogens is 342 g/mol. The molecule has 0 atom stereocenters. The number of H-pyrrole nitrogens is 1. The van der Waals surface area contributed by atoms with E-state index < -0.39 is 0 Å². The summed E-state index contributed by atoms with van der Waals surface area (Å²) in [5, 5.41) is 0. The van der Waals surface area contributed by atoms with Crippen LogP contribution in [0.2, 0.25) is 0 Å². The average Bonchev–Trinajstić information content (AvgIpc) is 3.15. The van der Waals surface area contributed by atoms with Crippen LogP contribution in [-0.2, 0) is 12.0 Å². The fraction of sp³-hybridized carbons (Fsp3) is 0.240. The van der Waals surface area contributed by atoms with Crippen molar-refractivity contribution in [3.63, 3.8) is 0 Å². The van der Waals surface area contributed by atoms with E-state index in [9.17, 15) is 0 Å². The minimum atomic E-state index is 0.0157. The third-order valence-corrected chi connectivity index (χ3v) is 5.74. The van der Waals surface area contributed by atoms with E-state index in [4.69, 9.17) is 0 Å². The lowest BCUT2D eigenvalue weighted by atomic mass is 9.84. The summed E-state index contributed by atoms with van der Waals surface area (Å²) in [5.41, 5.74) is 6.42. The largest absolute Gasteiger partial charge is 0.347 e. The lowest BCUT2D eigenvalue weighted by molar-refractivity contribution is -0.669. The quantitative estimate of drug-likeness (QED) is 0.485. The smallest absolute Gasteiger partial charge is 0.280 e. The lowest BCUT2D eigenvalue weighted by Crippen LogP contribution is -2.34. The highest BCUT2D eigenvalue weighted by Gasteiger charge is 2.37. The Hall–Kier alpha value is -3.07. The second kappa shape index (κ2) is 7.16. The number of anilines is 1. The summed E-state index contributed by atoms with van der Waals surface area (Å²) < 4.78 is 2.29. The van der Waals surface area contributed by atoms with Gasteiger partial charge in [0.25, 0.3) is 5.82 Å². The number of rotatable bonds is 4. The molecule has 0 saturated heterocycles. The molecule has 1 aromatic heterocycles. The Labute approximate surface area is 167 Å². The van der Waals surface area contributed by atoms with Gasteiger partial charge in [0.15, 0.2) is 11.0 Å². The van der Waals surface area contributed by atoms with Gasteiger partial charge in [-0.3, -0.25) is 0 Å². The Bertz CT molecular complexity index is 1100. The van der Waals surface area contributed by atoms with Gasteiger partial charge < -0.3 is 4.90 Å². The molecule has 2 heterocycles. The highest BCUT2D eigenvalue weighted by molar-refractivity contribution is 5.72. The van der Waals surface area contributed by atoms with Gasteiger partial charge in [-0.05, 0) is 36.8 Å². The van der Waals surface area contributed by atoms with E-state index >= 15 is 0 Å². The number of fused-ring (bicyclic) bond motifs is 2. The van der Waals surface area contributed by atoms with Gasteiger partial charge in [0, 0.05) is 29.9 Å². The van der Waals surface area contributed by atoms with Crippen molar-refractivity contribution in [1.29, 1.82) is 0 Å². The summed E-state index contributed by atoms with van der Waals surface area (Å²) in [4.78, 5) is 5.80. The normalized spacial score (nSPS) is 17.4. The molecule has 1 aliphatic rings. The minimum absolute atomic E-state index is 0.0157. The molecule has 3 heteroatoms. The minimum Gasteiger partial charge on any atom is -0.347 e. The van der Waals surface area contributed by atoms with Gasteiger partial charge in [0.2, 0.25) is 0 Å². The molecule has 1 aliphatic heterocycles. The van der Waals surface area contributed by atoms with Crippen LogP contribution in [0.1, 0.15) is 32.2 Å². The Balaban J connectivity index is 1.56. The molecule has 1 N–H and O–H groups in total. The molecule has 0 saturated carbocycles. The molecule has 0 spiro atoms. The number of hydrogen-bond acceptors (Lipinski definition) is 1. The first-order chi connectivity index (χ1) is 13.5. The first-order valence-electron chi connectivity index (χ1n) is 9.93. The molecule has 0 amide bonds. The summed E-state index contributed by atoms with van der Waals surface area (Å²) in [6.45, 7) is 7.70. The maximum atomic E-state index is 3.50. The molecule has 4 rings (SSSR count). The fourth-order valence-electron chi connectivity index (χ4n) is 4.28. The molecular formula is C25H28N3+. The maximum Gasteiger partial charge on any atom is 0.280 e. The van der Waals surface area contributed by atoms with Crippen molar-refractivity contribution in [2.24, 2.45) is 0 Å². The van der Waals surface area contributed by atoms with Gasteiger partial charge >= 0.3 is 0 Å². The van der Waals surface area contributed by atoms with Gasteiger partial charge in [0.1, 0.15) is 0 Å². The van der Waals surface area contributed by atoms with Crippen LogP contribution in [0.5, 0.6) is 0 Å². The zero-order chi connectivity index (χ0) is 19.7. The predicted molar refractivity (Wildman–Crippen MR) is 118 cm³/mol. The highest BCUT2D eigenvalue weighted by Crippen LogP contribution is 2.46. The Morgan fingerprint density at radius 3 is 2.54 bits per heavy atom. The highest BCUT2D eigenvalue weighted by atomic mass is 15.2. The molecule has 142 valence electrons. The first-order valence-corrected chi connectivity index (χ1v) is 9.93. The van der Waals surface area contributed by atoms with Gasteiger partial charge in [-0.25, -0.2) is 9.55 Å². The van der Waals surface area contributed by atoms with Crippen LogP contribution in [0.25, 0.3) is 17.1 Å². The third-order valence-electron chi connectivity index (χ3n) is 5.74. The monoisotopic (exact) mass is 370 g/mol. The average molecular weight is 371 g/mol. The van der Waals surface area contributed by atoms with Crippen LogP contribution in [0.4, 0.5) is 5.69 Å². The molecule has 0 unspecified atom stereocenters. The number of aryl methyl sites for hydroxylation is 1. The standard InChI is InChI=1S/C25H27N3/c1-5-28-22-16-12-10-14-20(22)26-24(28)18-8-6-7-17-23-25(2,3)19-13-9-11-15-21(19)27(23)4/h6-18H,5H2,1-4H3/p+1/b7-6+,18-8+,23-17+. The van der Waals surface area contributed by atoms with E-state index in [2.05, 4.69) is 121 Å². The number of allylic oxidation sites excluding steroid dienone is 5. The van der Waals surface area contributed by atoms with Crippen LogP contribution >= 0.6 is 0 Å². The zero-order valence-electron chi connectivity index (χ0n) is 17.1. The van der Waals surface area contributed by atoms with Gasteiger partial charge in [-0.15, -0.1) is 0 Å². The summed E-state index contributed by atoms with van der Waals surface area (Å²) in [6, 6.07) is 17.1. The molecule has 0 fully saturated rings. The fourth-order valence-corrected chi connectivity index (χ4v) is 4.28. The van der Waals surface area contributed by atoms with E-state index in [0.717, 1.165) is 12.4 Å². The maximum absolute atomic E-state index is 3.50. The number of benzene rings is 2. The van der Waals surface area contributed by atoms with Crippen molar-refractivity contribution in [1.82, 2.24) is 4.98 Å². The number of para-hydroxylation sites is 3.